The summed E-state index contributed by atoms with van der Waals surface area (Å²) < 4.78 is 13.1. The molecule has 2 aromatic carbocycles. The Hall–Kier alpha value is -2.22. The quantitative estimate of drug-likeness (QED) is 0.582. The minimum atomic E-state index is -0.299. The Kier molecular flexibility index (Phi) is 3.68. The number of halogens is 1. The maximum Gasteiger partial charge on any atom is 0.186 e. The Bertz CT molecular complexity index is 585. The second-order valence-electron chi connectivity index (χ2n) is 4.07. The van der Waals surface area contributed by atoms with Crippen LogP contribution in [0.25, 0.3) is 5.57 Å². The van der Waals surface area contributed by atoms with Gasteiger partial charge in [-0.25, -0.2) is 4.39 Å². The maximum atomic E-state index is 13.1. The van der Waals surface area contributed by atoms with Gasteiger partial charge in [0.2, 0.25) is 0 Å². The van der Waals surface area contributed by atoms with E-state index in [1.54, 1.807) is 31.2 Å². The average molecular weight is 240 g/mol. The zero-order valence-electron chi connectivity index (χ0n) is 10.1. The van der Waals surface area contributed by atoms with Crippen molar-refractivity contribution in [3.8, 4) is 0 Å². The number of hydrogen-bond acceptors (Lipinski definition) is 1. The van der Waals surface area contributed by atoms with Crippen LogP contribution in [0.1, 0.15) is 22.8 Å². The van der Waals surface area contributed by atoms with Crippen molar-refractivity contribution in [2.45, 2.75) is 6.92 Å². The van der Waals surface area contributed by atoms with E-state index in [0.29, 0.717) is 5.56 Å². The molecule has 0 spiro atoms. The average Bonchev–Trinajstić information content (AvgIpc) is 2.39. The fourth-order valence-corrected chi connectivity index (χ4v) is 1.70. The van der Waals surface area contributed by atoms with Gasteiger partial charge in [0.1, 0.15) is 5.82 Å². The molecule has 0 aromatic heterocycles. The van der Waals surface area contributed by atoms with Gasteiger partial charge in [-0.1, -0.05) is 42.5 Å². The Balaban J connectivity index is 2.26. The Labute approximate surface area is 106 Å². The number of carbonyl (C=O) groups is 1. The molecule has 0 saturated heterocycles. The molecule has 0 atom stereocenters. The molecule has 0 unspecified atom stereocenters. The predicted molar refractivity (Wildman–Crippen MR) is 70.8 cm³/mol. The van der Waals surface area contributed by atoms with Crippen LogP contribution in [0.2, 0.25) is 0 Å². The highest BCUT2D eigenvalue weighted by Gasteiger charge is 2.03. The number of hydrogen-bond donors (Lipinski definition) is 0. The third-order valence-electron chi connectivity index (χ3n) is 2.69. The third kappa shape index (κ3) is 2.92. The highest BCUT2D eigenvalue weighted by Crippen LogP contribution is 2.16. The fraction of sp³-hybridized carbons (Fsp3) is 0.0625. The summed E-state index contributed by atoms with van der Waals surface area (Å²) in [5.74, 6) is -0.371. The van der Waals surface area contributed by atoms with E-state index in [1.165, 1.54) is 18.2 Å². The van der Waals surface area contributed by atoms with Crippen molar-refractivity contribution in [3.63, 3.8) is 0 Å². The molecule has 18 heavy (non-hydrogen) atoms. The molecular weight excluding hydrogens is 227 g/mol. The summed E-state index contributed by atoms with van der Waals surface area (Å²) >= 11 is 0. The van der Waals surface area contributed by atoms with E-state index >= 15 is 0 Å². The van der Waals surface area contributed by atoms with Crippen LogP contribution in [0, 0.1) is 5.82 Å². The van der Waals surface area contributed by atoms with Crippen molar-refractivity contribution in [2.75, 3.05) is 0 Å². The van der Waals surface area contributed by atoms with Crippen LogP contribution in [0.5, 0.6) is 0 Å². The Morgan fingerprint density at radius 1 is 1.00 bits per heavy atom. The minimum absolute atomic E-state index is 0.0719. The first-order valence-corrected chi connectivity index (χ1v) is 5.70. The summed E-state index contributed by atoms with van der Waals surface area (Å²) in [7, 11) is 0. The fourth-order valence-electron chi connectivity index (χ4n) is 1.70. The van der Waals surface area contributed by atoms with Gasteiger partial charge in [0.15, 0.2) is 5.78 Å². The lowest BCUT2D eigenvalue weighted by Crippen LogP contribution is -1.95. The van der Waals surface area contributed by atoms with Gasteiger partial charge in [0.25, 0.3) is 0 Å². The molecule has 0 amide bonds. The van der Waals surface area contributed by atoms with Crippen molar-refractivity contribution < 1.29 is 9.18 Å². The van der Waals surface area contributed by atoms with Crippen LogP contribution in [0.3, 0.4) is 0 Å². The van der Waals surface area contributed by atoms with Crippen molar-refractivity contribution in [1.29, 1.82) is 0 Å². The molecule has 90 valence electrons. The summed E-state index contributed by atoms with van der Waals surface area (Å²) in [5.41, 5.74) is 2.11. The third-order valence-corrected chi connectivity index (χ3v) is 2.69. The normalized spacial score (nSPS) is 11.3. The highest BCUT2D eigenvalue weighted by molar-refractivity contribution is 6.08. The van der Waals surface area contributed by atoms with Crippen LogP contribution in [0.15, 0.2) is 60.7 Å². The molecule has 0 heterocycles. The van der Waals surface area contributed by atoms with Crippen molar-refractivity contribution in [2.24, 2.45) is 0 Å². The number of allylic oxidation sites excluding steroid dienone is 2. The van der Waals surface area contributed by atoms with E-state index in [4.69, 9.17) is 0 Å². The van der Waals surface area contributed by atoms with Gasteiger partial charge in [-0.15, -0.1) is 0 Å². The molecule has 0 aliphatic rings. The molecule has 0 saturated carbocycles. The molecular formula is C16H13FO. The van der Waals surface area contributed by atoms with E-state index in [-0.39, 0.29) is 11.6 Å². The highest BCUT2D eigenvalue weighted by atomic mass is 19.1. The van der Waals surface area contributed by atoms with Crippen LogP contribution in [0.4, 0.5) is 4.39 Å². The first-order valence-electron chi connectivity index (χ1n) is 5.70. The predicted octanol–water partition coefficient (Wildman–Crippen LogP) is 4.11. The lowest BCUT2D eigenvalue weighted by molar-refractivity contribution is 0.104. The van der Waals surface area contributed by atoms with Gasteiger partial charge in [-0.3, -0.25) is 4.79 Å². The summed E-state index contributed by atoms with van der Waals surface area (Å²) in [6.45, 7) is 1.80. The topological polar surface area (TPSA) is 17.1 Å². The zero-order chi connectivity index (χ0) is 13.0. The molecule has 2 heteroatoms. The molecule has 0 fully saturated rings. The number of benzene rings is 2. The first kappa shape index (κ1) is 12.2. The summed E-state index contributed by atoms with van der Waals surface area (Å²) in [4.78, 5) is 11.9. The molecule has 0 aliphatic carbocycles. The van der Waals surface area contributed by atoms with Gasteiger partial charge >= 0.3 is 0 Å². The van der Waals surface area contributed by atoms with E-state index in [2.05, 4.69) is 0 Å². The van der Waals surface area contributed by atoms with Crippen molar-refractivity contribution >= 4 is 11.4 Å². The van der Waals surface area contributed by atoms with E-state index < -0.39 is 0 Å². The lowest BCUT2D eigenvalue weighted by Gasteiger charge is -2.02. The molecule has 0 radical (unpaired) electrons. The van der Waals surface area contributed by atoms with Crippen molar-refractivity contribution in [1.82, 2.24) is 0 Å². The van der Waals surface area contributed by atoms with Crippen molar-refractivity contribution in [3.05, 3.63) is 77.6 Å². The number of rotatable bonds is 3. The van der Waals surface area contributed by atoms with Crippen LogP contribution < -0.4 is 0 Å². The molecule has 2 rings (SSSR count). The SMILES string of the molecule is C/C(=C\C(=O)c1ccccc1)c1cccc(F)c1. The minimum Gasteiger partial charge on any atom is -0.289 e. The van der Waals surface area contributed by atoms with Crippen LogP contribution >= 0.6 is 0 Å². The Morgan fingerprint density at radius 2 is 1.67 bits per heavy atom. The largest absolute Gasteiger partial charge is 0.289 e. The van der Waals surface area contributed by atoms with Gasteiger partial charge in [-0.2, -0.15) is 0 Å². The van der Waals surface area contributed by atoms with Crippen LogP contribution in [-0.2, 0) is 0 Å². The molecule has 0 N–H and O–H groups in total. The molecule has 1 nitrogen and oxygen atoms in total. The van der Waals surface area contributed by atoms with Gasteiger partial charge in [0, 0.05) is 5.56 Å². The summed E-state index contributed by atoms with van der Waals surface area (Å²) in [5, 5.41) is 0. The number of carbonyl (C=O) groups excluding carboxylic acids is 1. The standard InChI is InChI=1S/C16H13FO/c1-12(14-8-5-9-15(17)11-14)10-16(18)13-6-3-2-4-7-13/h2-11H,1H3/b12-10+. The van der Waals surface area contributed by atoms with E-state index in [1.807, 2.05) is 18.2 Å². The zero-order valence-corrected chi connectivity index (χ0v) is 10.1. The van der Waals surface area contributed by atoms with Gasteiger partial charge < -0.3 is 0 Å². The van der Waals surface area contributed by atoms with E-state index in [9.17, 15) is 9.18 Å². The van der Waals surface area contributed by atoms with E-state index in [0.717, 1.165) is 11.1 Å². The maximum absolute atomic E-state index is 13.1. The second-order valence-corrected chi connectivity index (χ2v) is 4.07. The molecule has 2 aromatic rings. The van der Waals surface area contributed by atoms with Gasteiger partial charge in [0.05, 0.1) is 0 Å². The molecule has 0 aliphatic heterocycles. The van der Waals surface area contributed by atoms with Gasteiger partial charge in [-0.05, 0) is 36.3 Å². The molecule has 0 bridgehead atoms. The second kappa shape index (κ2) is 5.41. The summed E-state index contributed by atoms with van der Waals surface area (Å²) in [6.07, 6.45) is 1.53. The number of ketones is 1. The van der Waals surface area contributed by atoms with Crippen LogP contribution in [-0.4, -0.2) is 5.78 Å². The monoisotopic (exact) mass is 240 g/mol. The Morgan fingerprint density at radius 3 is 2.33 bits per heavy atom. The summed E-state index contributed by atoms with van der Waals surface area (Å²) in [6, 6.07) is 15.2. The first-order chi connectivity index (χ1) is 8.66. The lowest BCUT2D eigenvalue weighted by atomic mass is 10.0. The smallest absolute Gasteiger partial charge is 0.186 e.